The predicted molar refractivity (Wildman–Crippen MR) is 76.7 cm³/mol. The molecule has 0 aliphatic carbocycles. The van der Waals surface area contributed by atoms with Crippen molar-refractivity contribution in [2.75, 3.05) is 13.7 Å². The van der Waals surface area contributed by atoms with Crippen LogP contribution in [0.2, 0.25) is 0 Å². The van der Waals surface area contributed by atoms with Crippen LogP contribution in [-0.2, 0) is 0 Å². The lowest BCUT2D eigenvalue weighted by atomic mass is 9.98. The molecular formula is C16H23NO2. The lowest BCUT2D eigenvalue weighted by molar-refractivity contribution is 0.0607. The Morgan fingerprint density at radius 2 is 2.21 bits per heavy atom. The molecule has 1 heterocycles. The topological polar surface area (TPSA) is 29.5 Å². The fourth-order valence-corrected chi connectivity index (χ4v) is 2.81. The number of ether oxygens (including phenoxy) is 1. The summed E-state index contributed by atoms with van der Waals surface area (Å²) >= 11 is 0. The first kappa shape index (κ1) is 13.9. The number of aryl methyl sites for hydroxylation is 1. The van der Waals surface area contributed by atoms with Crippen molar-refractivity contribution in [1.29, 1.82) is 0 Å². The summed E-state index contributed by atoms with van der Waals surface area (Å²) in [7, 11) is 1.65. The van der Waals surface area contributed by atoms with Gasteiger partial charge in [0.2, 0.25) is 0 Å². The van der Waals surface area contributed by atoms with Gasteiger partial charge in [-0.15, -0.1) is 0 Å². The van der Waals surface area contributed by atoms with Gasteiger partial charge in [-0.1, -0.05) is 13.0 Å². The Hall–Kier alpha value is -1.51. The van der Waals surface area contributed by atoms with Gasteiger partial charge in [0, 0.05) is 18.2 Å². The predicted octanol–water partition coefficient (Wildman–Crippen LogP) is 3.41. The molecular weight excluding hydrogens is 238 g/mol. The van der Waals surface area contributed by atoms with Gasteiger partial charge in [-0.05, 0) is 50.3 Å². The fourth-order valence-electron chi connectivity index (χ4n) is 2.81. The van der Waals surface area contributed by atoms with Gasteiger partial charge < -0.3 is 9.64 Å². The van der Waals surface area contributed by atoms with Crippen molar-refractivity contribution >= 4 is 5.91 Å². The number of carbonyl (C=O) groups excluding carboxylic acids is 1. The van der Waals surface area contributed by atoms with Gasteiger partial charge in [0.25, 0.3) is 5.91 Å². The van der Waals surface area contributed by atoms with E-state index in [0.717, 1.165) is 42.7 Å². The Morgan fingerprint density at radius 1 is 1.42 bits per heavy atom. The standard InChI is InChI=1S/C16H23NO2/c1-4-14-7-5-6-10-17(14)16(18)13-9-8-12(2)15(11-13)19-3/h8-9,11,14H,4-7,10H2,1-3H3. The molecule has 1 aromatic carbocycles. The molecule has 0 bridgehead atoms. The molecule has 3 nitrogen and oxygen atoms in total. The van der Waals surface area contributed by atoms with Crippen molar-refractivity contribution in [3.05, 3.63) is 29.3 Å². The third-order valence-electron chi connectivity index (χ3n) is 4.01. The van der Waals surface area contributed by atoms with Crippen LogP contribution in [0.25, 0.3) is 0 Å². The van der Waals surface area contributed by atoms with Crippen LogP contribution in [0.5, 0.6) is 5.75 Å². The average Bonchev–Trinajstić information content (AvgIpc) is 2.47. The molecule has 1 aliphatic rings. The maximum atomic E-state index is 12.6. The van der Waals surface area contributed by atoms with E-state index in [1.165, 1.54) is 6.42 Å². The quantitative estimate of drug-likeness (QED) is 0.834. The number of piperidine rings is 1. The smallest absolute Gasteiger partial charge is 0.254 e. The molecule has 3 heteroatoms. The van der Waals surface area contributed by atoms with Crippen molar-refractivity contribution < 1.29 is 9.53 Å². The zero-order chi connectivity index (χ0) is 13.8. The second-order valence-electron chi connectivity index (χ2n) is 5.24. The molecule has 104 valence electrons. The van der Waals surface area contributed by atoms with Crippen LogP contribution in [0, 0.1) is 6.92 Å². The van der Waals surface area contributed by atoms with Crippen LogP contribution in [0.4, 0.5) is 0 Å². The van der Waals surface area contributed by atoms with Gasteiger partial charge in [-0.2, -0.15) is 0 Å². The number of amides is 1. The van der Waals surface area contributed by atoms with Crippen molar-refractivity contribution in [2.45, 2.75) is 45.6 Å². The maximum absolute atomic E-state index is 12.6. The normalized spacial score (nSPS) is 19.3. The molecule has 1 aliphatic heterocycles. The minimum Gasteiger partial charge on any atom is -0.496 e. The Morgan fingerprint density at radius 3 is 2.89 bits per heavy atom. The second kappa shape index (κ2) is 6.09. The lowest BCUT2D eigenvalue weighted by Gasteiger charge is -2.35. The van der Waals surface area contributed by atoms with Gasteiger partial charge >= 0.3 is 0 Å². The monoisotopic (exact) mass is 261 g/mol. The number of hydrogen-bond donors (Lipinski definition) is 0. The third-order valence-corrected chi connectivity index (χ3v) is 4.01. The highest BCUT2D eigenvalue weighted by atomic mass is 16.5. The van der Waals surface area contributed by atoms with E-state index < -0.39 is 0 Å². The second-order valence-corrected chi connectivity index (χ2v) is 5.24. The SMILES string of the molecule is CCC1CCCCN1C(=O)c1ccc(C)c(OC)c1. The summed E-state index contributed by atoms with van der Waals surface area (Å²) in [5, 5.41) is 0. The number of benzene rings is 1. The molecule has 1 amide bonds. The summed E-state index contributed by atoms with van der Waals surface area (Å²) in [6, 6.07) is 6.12. The first-order valence-corrected chi connectivity index (χ1v) is 7.13. The lowest BCUT2D eigenvalue weighted by Crippen LogP contribution is -2.43. The number of methoxy groups -OCH3 is 1. The highest BCUT2D eigenvalue weighted by Gasteiger charge is 2.26. The van der Waals surface area contributed by atoms with Crippen LogP contribution in [0.1, 0.15) is 48.5 Å². The van der Waals surface area contributed by atoms with Crippen molar-refractivity contribution in [2.24, 2.45) is 0 Å². The molecule has 1 aromatic rings. The largest absolute Gasteiger partial charge is 0.496 e. The van der Waals surface area contributed by atoms with Crippen molar-refractivity contribution in [3.8, 4) is 5.75 Å². The molecule has 0 saturated carbocycles. The van der Waals surface area contributed by atoms with E-state index in [1.807, 2.05) is 30.0 Å². The number of hydrogen-bond acceptors (Lipinski definition) is 2. The third kappa shape index (κ3) is 2.91. The highest BCUT2D eigenvalue weighted by molar-refractivity contribution is 5.95. The zero-order valence-corrected chi connectivity index (χ0v) is 12.1. The molecule has 19 heavy (non-hydrogen) atoms. The summed E-state index contributed by atoms with van der Waals surface area (Å²) in [5.41, 5.74) is 1.80. The van der Waals surface area contributed by atoms with Gasteiger partial charge in [0.15, 0.2) is 0 Å². The Kier molecular flexibility index (Phi) is 4.46. The van der Waals surface area contributed by atoms with Gasteiger partial charge in [-0.3, -0.25) is 4.79 Å². The molecule has 1 unspecified atom stereocenters. The average molecular weight is 261 g/mol. The van der Waals surface area contributed by atoms with E-state index >= 15 is 0 Å². The molecule has 1 saturated heterocycles. The molecule has 2 rings (SSSR count). The van der Waals surface area contributed by atoms with E-state index in [4.69, 9.17) is 4.74 Å². The van der Waals surface area contributed by atoms with Crippen LogP contribution in [0.15, 0.2) is 18.2 Å². The molecule has 1 atom stereocenters. The fraction of sp³-hybridized carbons (Fsp3) is 0.562. The van der Waals surface area contributed by atoms with E-state index in [9.17, 15) is 4.79 Å². The first-order valence-electron chi connectivity index (χ1n) is 7.13. The van der Waals surface area contributed by atoms with Crippen molar-refractivity contribution in [3.63, 3.8) is 0 Å². The van der Waals surface area contributed by atoms with E-state index in [0.29, 0.717) is 6.04 Å². The number of rotatable bonds is 3. The minimum atomic E-state index is 0.143. The van der Waals surface area contributed by atoms with Gasteiger partial charge in [0.1, 0.15) is 5.75 Å². The van der Waals surface area contributed by atoms with E-state index in [2.05, 4.69) is 6.92 Å². The first-order chi connectivity index (χ1) is 9.17. The Bertz CT molecular complexity index is 456. The van der Waals surface area contributed by atoms with E-state index in [-0.39, 0.29) is 5.91 Å². The molecule has 0 N–H and O–H groups in total. The van der Waals surface area contributed by atoms with Crippen LogP contribution in [0.3, 0.4) is 0 Å². The molecule has 1 fully saturated rings. The highest BCUT2D eigenvalue weighted by Crippen LogP contribution is 2.24. The van der Waals surface area contributed by atoms with E-state index in [1.54, 1.807) is 7.11 Å². The van der Waals surface area contributed by atoms with Crippen molar-refractivity contribution in [1.82, 2.24) is 4.90 Å². The Labute approximate surface area is 115 Å². The zero-order valence-electron chi connectivity index (χ0n) is 12.1. The summed E-state index contributed by atoms with van der Waals surface area (Å²) in [6.45, 7) is 5.03. The van der Waals surface area contributed by atoms with Crippen LogP contribution >= 0.6 is 0 Å². The summed E-state index contributed by atoms with van der Waals surface area (Å²) < 4.78 is 5.31. The van der Waals surface area contributed by atoms with Gasteiger partial charge in [-0.25, -0.2) is 0 Å². The minimum absolute atomic E-state index is 0.143. The number of likely N-dealkylation sites (tertiary alicyclic amines) is 1. The molecule has 0 radical (unpaired) electrons. The summed E-state index contributed by atoms with van der Waals surface area (Å²) in [5.74, 6) is 0.931. The van der Waals surface area contributed by atoms with Gasteiger partial charge in [0.05, 0.1) is 7.11 Å². The maximum Gasteiger partial charge on any atom is 0.254 e. The Balaban J connectivity index is 2.22. The number of carbonyl (C=O) groups is 1. The summed E-state index contributed by atoms with van der Waals surface area (Å²) in [4.78, 5) is 14.7. The molecule has 0 spiro atoms. The number of nitrogens with zero attached hydrogens (tertiary/aromatic N) is 1. The van der Waals surface area contributed by atoms with Crippen LogP contribution < -0.4 is 4.74 Å². The van der Waals surface area contributed by atoms with Crippen LogP contribution in [-0.4, -0.2) is 30.5 Å². The molecule has 0 aromatic heterocycles. The summed E-state index contributed by atoms with van der Waals surface area (Å²) in [6.07, 6.45) is 4.52.